The van der Waals surface area contributed by atoms with Crippen LogP contribution in [0.25, 0.3) is 0 Å². The van der Waals surface area contributed by atoms with Gasteiger partial charge in [0.05, 0.1) is 6.04 Å². The summed E-state index contributed by atoms with van der Waals surface area (Å²) in [5.74, 6) is 2.23. The fourth-order valence-electron chi connectivity index (χ4n) is 2.58. The van der Waals surface area contributed by atoms with Crippen LogP contribution in [0.4, 0.5) is 4.79 Å². The highest BCUT2D eigenvalue weighted by atomic mass is 16.6. The van der Waals surface area contributed by atoms with E-state index in [4.69, 9.17) is 4.74 Å². The van der Waals surface area contributed by atoms with Crippen LogP contribution in [0.3, 0.4) is 0 Å². The molecule has 164 valence electrons. The molecule has 9 nitrogen and oxygen atoms in total. The maximum atomic E-state index is 11.8. The number of hydrogen-bond donors (Lipinski definition) is 3. The third kappa shape index (κ3) is 7.73. The van der Waals surface area contributed by atoms with Crippen LogP contribution in [0.5, 0.6) is 0 Å². The molecule has 2 aromatic rings. The minimum atomic E-state index is -0.523. The number of rotatable bonds is 7. The Hall–Kier alpha value is -3.10. The molecule has 3 N–H and O–H groups in total. The Balaban J connectivity index is 1.97. The monoisotopic (exact) mass is 415 g/mol. The molecule has 0 bridgehead atoms. The van der Waals surface area contributed by atoms with E-state index in [0.717, 1.165) is 17.2 Å². The standard InChI is InChI=1S/C21H33N7O2/c1-15(17-10-8-7-9-11-17)25-19(24-14-18-27-26-16(2)28(18)6)22-12-13-23-20(29)30-21(3,4)5/h7-11,15H,12-14H2,1-6H3,(H,23,29)(H2,22,24,25). The molecule has 1 aromatic carbocycles. The van der Waals surface area contributed by atoms with Gasteiger partial charge in [-0.15, -0.1) is 10.2 Å². The van der Waals surface area contributed by atoms with Gasteiger partial charge in [0, 0.05) is 20.1 Å². The number of ether oxygens (including phenoxy) is 1. The molecule has 30 heavy (non-hydrogen) atoms. The van der Waals surface area contributed by atoms with E-state index in [2.05, 4.69) is 50.2 Å². The zero-order valence-electron chi connectivity index (χ0n) is 18.7. The van der Waals surface area contributed by atoms with Crippen molar-refractivity contribution in [3.63, 3.8) is 0 Å². The number of carbonyl (C=O) groups is 1. The number of aliphatic imine (C=N–C) groups is 1. The Morgan fingerprint density at radius 3 is 2.43 bits per heavy atom. The minimum Gasteiger partial charge on any atom is -0.444 e. The minimum absolute atomic E-state index is 0.0532. The number of nitrogens with zero attached hydrogens (tertiary/aromatic N) is 4. The van der Waals surface area contributed by atoms with Crippen molar-refractivity contribution in [1.82, 2.24) is 30.7 Å². The Kier molecular flexibility index (Phi) is 8.20. The molecule has 1 aromatic heterocycles. The SMILES string of the molecule is Cc1nnc(CN=C(NCCNC(=O)OC(C)(C)C)NC(C)c2ccccc2)n1C. The van der Waals surface area contributed by atoms with E-state index in [1.54, 1.807) is 0 Å². The van der Waals surface area contributed by atoms with Gasteiger partial charge in [0.25, 0.3) is 0 Å². The van der Waals surface area contributed by atoms with Crippen molar-refractivity contribution >= 4 is 12.1 Å². The topological polar surface area (TPSA) is 105 Å². The van der Waals surface area contributed by atoms with Crippen molar-refractivity contribution in [3.05, 3.63) is 47.5 Å². The van der Waals surface area contributed by atoms with Gasteiger partial charge in [-0.1, -0.05) is 30.3 Å². The van der Waals surface area contributed by atoms with Gasteiger partial charge in [-0.25, -0.2) is 9.79 Å². The Bertz CT molecular complexity index is 841. The number of benzene rings is 1. The van der Waals surface area contributed by atoms with E-state index in [-0.39, 0.29) is 6.04 Å². The first-order valence-electron chi connectivity index (χ1n) is 10.1. The molecular formula is C21H33N7O2. The van der Waals surface area contributed by atoms with Crippen LogP contribution < -0.4 is 16.0 Å². The van der Waals surface area contributed by atoms with Crippen molar-refractivity contribution in [3.8, 4) is 0 Å². The molecule has 1 amide bonds. The van der Waals surface area contributed by atoms with Crippen molar-refractivity contribution in [2.24, 2.45) is 12.0 Å². The summed E-state index contributed by atoms with van der Waals surface area (Å²) in [6.07, 6.45) is -0.442. The molecule has 0 fully saturated rings. The number of nitrogens with one attached hydrogen (secondary N) is 3. The number of hydrogen-bond acceptors (Lipinski definition) is 5. The highest BCUT2D eigenvalue weighted by Crippen LogP contribution is 2.11. The Morgan fingerprint density at radius 2 is 1.83 bits per heavy atom. The summed E-state index contributed by atoms with van der Waals surface area (Å²) < 4.78 is 7.15. The fraction of sp³-hybridized carbons (Fsp3) is 0.524. The van der Waals surface area contributed by atoms with E-state index in [1.807, 2.05) is 57.5 Å². The summed E-state index contributed by atoms with van der Waals surface area (Å²) in [5, 5.41) is 17.6. The fourth-order valence-corrected chi connectivity index (χ4v) is 2.58. The second-order valence-electron chi connectivity index (χ2n) is 8.02. The summed E-state index contributed by atoms with van der Waals surface area (Å²) in [5.41, 5.74) is 0.624. The number of amides is 1. The molecule has 2 rings (SSSR count). The average Bonchev–Trinajstić information content (AvgIpc) is 3.00. The van der Waals surface area contributed by atoms with Crippen LogP contribution in [0.2, 0.25) is 0 Å². The number of aromatic nitrogens is 3. The number of guanidine groups is 1. The van der Waals surface area contributed by atoms with Gasteiger partial charge in [-0.05, 0) is 40.2 Å². The molecule has 1 heterocycles. The summed E-state index contributed by atoms with van der Waals surface area (Å²) >= 11 is 0. The first-order chi connectivity index (χ1) is 14.2. The van der Waals surface area contributed by atoms with Crippen molar-refractivity contribution in [2.45, 2.75) is 52.8 Å². The lowest BCUT2D eigenvalue weighted by atomic mass is 10.1. The lowest BCUT2D eigenvalue weighted by molar-refractivity contribution is 0.0529. The number of carbonyl (C=O) groups excluding carboxylic acids is 1. The predicted octanol–water partition coefficient (Wildman–Crippen LogP) is 2.44. The van der Waals surface area contributed by atoms with Crippen LogP contribution in [0.1, 0.15) is 50.9 Å². The second kappa shape index (κ2) is 10.6. The number of alkyl carbamates (subject to hydrolysis) is 1. The van der Waals surface area contributed by atoms with Gasteiger partial charge in [0.15, 0.2) is 11.8 Å². The van der Waals surface area contributed by atoms with E-state index >= 15 is 0 Å². The predicted molar refractivity (Wildman–Crippen MR) is 117 cm³/mol. The normalized spacial score (nSPS) is 12.9. The van der Waals surface area contributed by atoms with Crippen LogP contribution in [0.15, 0.2) is 35.3 Å². The van der Waals surface area contributed by atoms with Gasteiger partial charge in [-0.3, -0.25) is 0 Å². The van der Waals surface area contributed by atoms with Gasteiger partial charge >= 0.3 is 6.09 Å². The largest absolute Gasteiger partial charge is 0.444 e. The van der Waals surface area contributed by atoms with E-state index in [0.29, 0.717) is 25.6 Å². The molecule has 0 aliphatic heterocycles. The molecule has 9 heteroatoms. The van der Waals surface area contributed by atoms with Crippen molar-refractivity contribution in [1.29, 1.82) is 0 Å². The van der Waals surface area contributed by atoms with Gasteiger partial charge < -0.3 is 25.3 Å². The smallest absolute Gasteiger partial charge is 0.407 e. The van der Waals surface area contributed by atoms with Crippen LogP contribution in [0, 0.1) is 6.92 Å². The van der Waals surface area contributed by atoms with E-state index in [1.165, 1.54) is 0 Å². The van der Waals surface area contributed by atoms with E-state index in [9.17, 15) is 4.79 Å². The Morgan fingerprint density at radius 1 is 1.17 bits per heavy atom. The Labute approximate surface area is 178 Å². The first-order valence-corrected chi connectivity index (χ1v) is 10.1. The van der Waals surface area contributed by atoms with Crippen LogP contribution >= 0.6 is 0 Å². The van der Waals surface area contributed by atoms with E-state index < -0.39 is 11.7 Å². The molecule has 1 unspecified atom stereocenters. The zero-order chi connectivity index (χ0) is 22.1. The molecular weight excluding hydrogens is 382 g/mol. The molecule has 1 atom stereocenters. The lowest BCUT2D eigenvalue weighted by Gasteiger charge is -2.21. The van der Waals surface area contributed by atoms with Gasteiger partial charge in [0.1, 0.15) is 18.0 Å². The molecule has 0 radical (unpaired) electrons. The maximum Gasteiger partial charge on any atom is 0.407 e. The summed E-state index contributed by atoms with van der Waals surface area (Å²) in [6, 6.07) is 10.2. The summed E-state index contributed by atoms with van der Waals surface area (Å²) in [4.78, 5) is 16.4. The zero-order valence-corrected chi connectivity index (χ0v) is 18.7. The maximum absolute atomic E-state index is 11.8. The first kappa shape index (κ1) is 23.2. The van der Waals surface area contributed by atoms with Crippen LogP contribution in [-0.4, -0.2) is 45.5 Å². The van der Waals surface area contributed by atoms with Crippen LogP contribution in [-0.2, 0) is 18.3 Å². The summed E-state index contributed by atoms with van der Waals surface area (Å²) in [7, 11) is 1.91. The molecule has 0 spiro atoms. The van der Waals surface area contributed by atoms with Gasteiger partial charge in [0.2, 0.25) is 0 Å². The third-order valence-corrected chi connectivity index (χ3v) is 4.30. The molecule has 0 aliphatic carbocycles. The van der Waals surface area contributed by atoms with Crippen molar-refractivity contribution < 1.29 is 9.53 Å². The molecule has 0 saturated carbocycles. The third-order valence-electron chi connectivity index (χ3n) is 4.30. The highest BCUT2D eigenvalue weighted by molar-refractivity contribution is 5.80. The molecule has 0 saturated heterocycles. The van der Waals surface area contributed by atoms with Crippen molar-refractivity contribution in [2.75, 3.05) is 13.1 Å². The quantitative estimate of drug-likeness (QED) is 0.364. The lowest BCUT2D eigenvalue weighted by Crippen LogP contribution is -2.43. The second-order valence-corrected chi connectivity index (χ2v) is 8.02. The average molecular weight is 416 g/mol. The number of aryl methyl sites for hydroxylation is 1. The highest BCUT2D eigenvalue weighted by Gasteiger charge is 2.15. The van der Waals surface area contributed by atoms with Gasteiger partial charge in [-0.2, -0.15) is 0 Å². The summed E-state index contributed by atoms with van der Waals surface area (Å²) in [6.45, 7) is 10.7. The molecule has 0 aliphatic rings.